The van der Waals surface area contributed by atoms with Gasteiger partial charge in [-0.15, -0.1) is 0 Å². The Hall–Kier alpha value is -1.71. The minimum atomic E-state index is -0.541. The molecule has 0 spiro atoms. The van der Waals surface area contributed by atoms with E-state index in [2.05, 4.69) is 0 Å². The molecule has 0 aliphatic heterocycles. The van der Waals surface area contributed by atoms with Crippen LogP contribution in [0.15, 0.2) is 30.3 Å². The highest BCUT2D eigenvalue weighted by atomic mass is 16.6. The summed E-state index contributed by atoms with van der Waals surface area (Å²) in [5.74, 6) is 0. The molecule has 17 heavy (non-hydrogen) atoms. The van der Waals surface area contributed by atoms with E-state index >= 15 is 0 Å². The van der Waals surface area contributed by atoms with Crippen LogP contribution < -0.4 is 0 Å². The lowest BCUT2D eigenvalue weighted by Gasteiger charge is -2.22. The van der Waals surface area contributed by atoms with Crippen LogP contribution in [0, 0.1) is 15.5 Å². The smallest absolute Gasteiger partial charge is 0.209 e. The highest BCUT2D eigenvalue weighted by Crippen LogP contribution is 2.27. The second-order valence-corrected chi connectivity index (χ2v) is 4.66. The molecule has 4 heteroatoms. The molecule has 0 amide bonds. The Morgan fingerprint density at radius 2 is 2.00 bits per heavy atom. The van der Waals surface area contributed by atoms with Crippen molar-refractivity contribution < 1.29 is 9.72 Å². The zero-order valence-corrected chi connectivity index (χ0v) is 9.96. The molecular weight excluding hydrogens is 218 g/mol. The number of hydrogen-bond donors (Lipinski definition) is 0. The van der Waals surface area contributed by atoms with E-state index in [1.165, 1.54) is 0 Å². The van der Waals surface area contributed by atoms with E-state index in [9.17, 15) is 14.9 Å². The van der Waals surface area contributed by atoms with Crippen molar-refractivity contribution >= 4 is 6.29 Å². The molecule has 0 aliphatic carbocycles. The molecule has 1 atom stereocenters. The van der Waals surface area contributed by atoms with E-state index in [1.54, 1.807) is 6.92 Å². The van der Waals surface area contributed by atoms with Crippen molar-refractivity contribution in [3.05, 3.63) is 46.0 Å². The summed E-state index contributed by atoms with van der Waals surface area (Å²) < 4.78 is 0. The lowest BCUT2D eigenvalue weighted by Crippen LogP contribution is -2.27. The highest BCUT2D eigenvalue weighted by molar-refractivity contribution is 5.50. The third-order valence-corrected chi connectivity index (χ3v) is 2.95. The van der Waals surface area contributed by atoms with Crippen LogP contribution in [0.4, 0.5) is 0 Å². The van der Waals surface area contributed by atoms with Crippen molar-refractivity contribution in [3.8, 4) is 0 Å². The van der Waals surface area contributed by atoms with Crippen molar-refractivity contribution in [1.82, 2.24) is 0 Å². The number of nitro groups is 1. The number of aryl methyl sites for hydroxylation is 1. The first-order valence-corrected chi connectivity index (χ1v) is 5.65. The molecule has 0 heterocycles. The van der Waals surface area contributed by atoms with Gasteiger partial charge in [0.1, 0.15) is 6.29 Å². The fourth-order valence-electron chi connectivity index (χ4n) is 1.85. The van der Waals surface area contributed by atoms with Gasteiger partial charge < -0.3 is 4.79 Å². The highest BCUT2D eigenvalue weighted by Gasteiger charge is 2.29. The Morgan fingerprint density at radius 3 is 2.53 bits per heavy atom. The lowest BCUT2D eigenvalue weighted by molar-refractivity contribution is -0.496. The summed E-state index contributed by atoms with van der Waals surface area (Å²) in [6, 6.07) is 9.81. The molecule has 0 saturated carbocycles. The van der Waals surface area contributed by atoms with Crippen molar-refractivity contribution in [2.24, 2.45) is 5.41 Å². The van der Waals surface area contributed by atoms with Crippen LogP contribution in [-0.2, 0) is 11.2 Å². The predicted molar refractivity (Wildman–Crippen MR) is 65.4 cm³/mol. The van der Waals surface area contributed by atoms with E-state index in [-0.39, 0.29) is 17.9 Å². The fraction of sp³-hybridized carbons (Fsp3) is 0.462. The number of benzene rings is 1. The summed E-state index contributed by atoms with van der Waals surface area (Å²) >= 11 is 0. The van der Waals surface area contributed by atoms with Gasteiger partial charge in [0, 0.05) is 16.8 Å². The molecule has 1 rings (SSSR count). The van der Waals surface area contributed by atoms with Gasteiger partial charge in [-0.25, -0.2) is 0 Å². The first kappa shape index (κ1) is 13.4. The maximum atomic E-state index is 10.6. The van der Waals surface area contributed by atoms with Gasteiger partial charge >= 0.3 is 0 Å². The summed E-state index contributed by atoms with van der Waals surface area (Å²) in [7, 11) is 0. The molecular formula is C13H17NO3. The number of aldehydes is 1. The van der Waals surface area contributed by atoms with E-state index in [0.717, 1.165) is 18.3 Å². The maximum Gasteiger partial charge on any atom is 0.209 e. The third-order valence-electron chi connectivity index (χ3n) is 2.95. The monoisotopic (exact) mass is 235 g/mol. The fourth-order valence-corrected chi connectivity index (χ4v) is 1.85. The molecule has 0 radical (unpaired) electrons. The molecule has 0 unspecified atom stereocenters. The number of hydrogen-bond acceptors (Lipinski definition) is 3. The zero-order chi connectivity index (χ0) is 12.7. The maximum absolute atomic E-state index is 10.6. The average Bonchev–Trinajstić information content (AvgIpc) is 2.27. The van der Waals surface area contributed by atoms with Crippen molar-refractivity contribution in [1.29, 1.82) is 0 Å². The standard InChI is InChI=1S/C13H17NO3/c1-13(9-10-15,11-14(16)17)8-7-12-5-3-2-4-6-12/h2-6,10H,7-9,11H2,1H3/t13-/m1/s1. The van der Waals surface area contributed by atoms with Crippen LogP contribution in [-0.4, -0.2) is 17.8 Å². The first-order chi connectivity index (χ1) is 8.06. The molecule has 4 nitrogen and oxygen atoms in total. The third kappa shape index (κ3) is 4.76. The van der Waals surface area contributed by atoms with E-state index in [0.29, 0.717) is 6.42 Å². The van der Waals surface area contributed by atoms with Crippen LogP contribution in [0.5, 0.6) is 0 Å². The molecule has 1 aromatic carbocycles. The molecule has 0 bridgehead atoms. The molecule has 0 aliphatic rings. The molecule has 0 aromatic heterocycles. The molecule has 0 saturated heterocycles. The van der Waals surface area contributed by atoms with Crippen LogP contribution >= 0.6 is 0 Å². The van der Waals surface area contributed by atoms with Crippen LogP contribution in [0.1, 0.15) is 25.3 Å². The minimum absolute atomic E-state index is 0.154. The van der Waals surface area contributed by atoms with Crippen molar-refractivity contribution in [3.63, 3.8) is 0 Å². The summed E-state index contributed by atoms with van der Waals surface area (Å²) in [4.78, 5) is 20.8. The second kappa shape index (κ2) is 6.13. The van der Waals surface area contributed by atoms with E-state index in [1.807, 2.05) is 30.3 Å². The largest absolute Gasteiger partial charge is 0.303 e. The van der Waals surface area contributed by atoms with Gasteiger partial charge in [-0.1, -0.05) is 37.3 Å². The van der Waals surface area contributed by atoms with Crippen LogP contribution in [0.3, 0.4) is 0 Å². The van der Waals surface area contributed by atoms with Crippen LogP contribution in [0.25, 0.3) is 0 Å². The lowest BCUT2D eigenvalue weighted by atomic mass is 9.81. The first-order valence-electron chi connectivity index (χ1n) is 5.65. The Labute approximate surface area is 101 Å². The summed E-state index contributed by atoms with van der Waals surface area (Å²) in [5.41, 5.74) is 0.606. The SMILES string of the molecule is C[C@](CC=O)(CCc1ccccc1)C[N+](=O)[O-]. The minimum Gasteiger partial charge on any atom is -0.303 e. The van der Waals surface area contributed by atoms with Gasteiger partial charge in [-0.2, -0.15) is 0 Å². The van der Waals surface area contributed by atoms with Gasteiger partial charge in [0.25, 0.3) is 0 Å². The van der Waals surface area contributed by atoms with Gasteiger partial charge in [-0.3, -0.25) is 10.1 Å². The summed E-state index contributed by atoms with van der Waals surface area (Å²) in [5, 5.41) is 10.6. The number of rotatable bonds is 7. The Kier molecular flexibility index (Phi) is 4.82. The van der Waals surface area contributed by atoms with Gasteiger partial charge in [0.05, 0.1) is 0 Å². The van der Waals surface area contributed by atoms with Crippen molar-refractivity contribution in [2.45, 2.75) is 26.2 Å². The Morgan fingerprint density at radius 1 is 1.35 bits per heavy atom. The zero-order valence-electron chi connectivity index (χ0n) is 9.96. The number of carbonyl (C=O) groups is 1. The molecule has 0 N–H and O–H groups in total. The predicted octanol–water partition coefficient (Wildman–Crippen LogP) is 2.49. The Balaban J connectivity index is 2.61. The second-order valence-electron chi connectivity index (χ2n) is 4.66. The van der Waals surface area contributed by atoms with Crippen LogP contribution in [0.2, 0.25) is 0 Å². The molecule has 1 aromatic rings. The number of carbonyl (C=O) groups excluding carboxylic acids is 1. The molecule has 92 valence electrons. The summed E-state index contributed by atoms with van der Waals surface area (Å²) in [6.45, 7) is 1.64. The summed E-state index contributed by atoms with van der Waals surface area (Å²) in [6.07, 6.45) is 2.42. The average molecular weight is 235 g/mol. The Bertz CT molecular complexity index is 378. The molecule has 0 fully saturated rings. The van der Waals surface area contributed by atoms with Gasteiger partial charge in [0.15, 0.2) is 0 Å². The van der Waals surface area contributed by atoms with Gasteiger partial charge in [0.2, 0.25) is 6.54 Å². The number of nitrogens with zero attached hydrogens (tertiary/aromatic N) is 1. The van der Waals surface area contributed by atoms with E-state index < -0.39 is 5.41 Å². The quantitative estimate of drug-likeness (QED) is 0.414. The van der Waals surface area contributed by atoms with Crippen molar-refractivity contribution in [2.75, 3.05) is 6.54 Å². The van der Waals surface area contributed by atoms with Gasteiger partial charge in [-0.05, 0) is 18.4 Å². The normalized spacial score (nSPS) is 13.9. The van der Waals surface area contributed by atoms with E-state index in [4.69, 9.17) is 0 Å². The topological polar surface area (TPSA) is 60.2 Å².